The zero-order valence-corrected chi connectivity index (χ0v) is 13.4. The van der Waals surface area contributed by atoms with Crippen LogP contribution in [0.4, 0.5) is 0 Å². The lowest BCUT2D eigenvalue weighted by Crippen LogP contribution is -2.29. The largest absolute Gasteiger partial charge is 0.493 e. The fourth-order valence-electron chi connectivity index (χ4n) is 3.78. The number of hydrogen-bond acceptors (Lipinski definition) is 4. The Bertz CT molecular complexity index is 754. The van der Waals surface area contributed by atoms with E-state index >= 15 is 0 Å². The van der Waals surface area contributed by atoms with Gasteiger partial charge in [0.1, 0.15) is 12.4 Å². The Kier molecular flexibility index (Phi) is 3.98. The number of aryl methyl sites for hydroxylation is 1. The Morgan fingerprint density at radius 1 is 1.21 bits per heavy atom. The lowest BCUT2D eigenvalue weighted by atomic mass is 9.90. The van der Waals surface area contributed by atoms with Crippen molar-refractivity contribution in [3.63, 3.8) is 0 Å². The molecule has 0 amide bonds. The molecule has 0 saturated carbocycles. The van der Waals surface area contributed by atoms with Crippen molar-refractivity contribution < 1.29 is 19.4 Å². The molecule has 2 aromatic carbocycles. The molecule has 1 heterocycles. The SMILES string of the molecule is O=C(OCc1ccccc1)C(O)C1CCc2ccc3c(c21)CCO3. The Morgan fingerprint density at radius 2 is 2.04 bits per heavy atom. The van der Waals surface area contributed by atoms with Gasteiger partial charge < -0.3 is 14.6 Å². The average molecular weight is 324 g/mol. The summed E-state index contributed by atoms with van der Waals surface area (Å²) >= 11 is 0. The summed E-state index contributed by atoms with van der Waals surface area (Å²) < 4.78 is 10.9. The maximum atomic E-state index is 12.3. The van der Waals surface area contributed by atoms with Crippen LogP contribution in [0.1, 0.15) is 34.6 Å². The van der Waals surface area contributed by atoms with Gasteiger partial charge >= 0.3 is 5.97 Å². The molecule has 124 valence electrons. The van der Waals surface area contributed by atoms with Gasteiger partial charge in [-0.1, -0.05) is 36.4 Å². The quantitative estimate of drug-likeness (QED) is 0.879. The maximum Gasteiger partial charge on any atom is 0.335 e. The van der Waals surface area contributed by atoms with Crippen LogP contribution in [0.3, 0.4) is 0 Å². The molecule has 4 heteroatoms. The first kappa shape index (κ1) is 15.2. The van der Waals surface area contributed by atoms with Crippen molar-refractivity contribution in [2.24, 2.45) is 0 Å². The number of carbonyl (C=O) groups excluding carboxylic acids is 1. The van der Waals surface area contributed by atoms with E-state index in [4.69, 9.17) is 9.47 Å². The van der Waals surface area contributed by atoms with Crippen molar-refractivity contribution in [3.8, 4) is 5.75 Å². The Hall–Kier alpha value is -2.33. The highest BCUT2D eigenvalue weighted by Gasteiger charge is 2.37. The van der Waals surface area contributed by atoms with E-state index in [-0.39, 0.29) is 12.5 Å². The van der Waals surface area contributed by atoms with E-state index in [9.17, 15) is 9.90 Å². The monoisotopic (exact) mass is 324 g/mol. The van der Waals surface area contributed by atoms with Crippen LogP contribution in [0.15, 0.2) is 42.5 Å². The normalized spacial score (nSPS) is 19.3. The highest BCUT2D eigenvalue weighted by molar-refractivity contribution is 5.76. The van der Waals surface area contributed by atoms with Crippen LogP contribution in [0, 0.1) is 0 Å². The third-order valence-corrected chi connectivity index (χ3v) is 4.96. The molecule has 2 unspecified atom stereocenters. The van der Waals surface area contributed by atoms with E-state index in [0.29, 0.717) is 6.61 Å². The highest BCUT2D eigenvalue weighted by Crippen LogP contribution is 2.43. The van der Waals surface area contributed by atoms with E-state index < -0.39 is 12.1 Å². The predicted octanol–water partition coefficient (Wildman–Crippen LogP) is 2.76. The second-order valence-corrected chi connectivity index (χ2v) is 6.40. The first-order valence-electron chi connectivity index (χ1n) is 8.40. The predicted molar refractivity (Wildman–Crippen MR) is 88.9 cm³/mol. The average Bonchev–Trinajstić information content (AvgIpc) is 3.25. The molecule has 24 heavy (non-hydrogen) atoms. The van der Waals surface area contributed by atoms with Crippen molar-refractivity contribution in [2.45, 2.75) is 37.9 Å². The van der Waals surface area contributed by atoms with Crippen LogP contribution in [0.25, 0.3) is 0 Å². The summed E-state index contributed by atoms with van der Waals surface area (Å²) in [4.78, 5) is 12.3. The number of ether oxygens (including phenoxy) is 2. The summed E-state index contributed by atoms with van der Waals surface area (Å²) in [6.45, 7) is 0.860. The lowest BCUT2D eigenvalue weighted by Gasteiger charge is -2.20. The van der Waals surface area contributed by atoms with Gasteiger partial charge in [-0.25, -0.2) is 4.79 Å². The minimum Gasteiger partial charge on any atom is -0.493 e. The molecule has 1 aliphatic carbocycles. The summed E-state index contributed by atoms with van der Waals surface area (Å²) in [5.41, 5.74) is 4.40. The standard InChI is InChI=1S/C20H20O4/c21-19(20(22)24-12-13-4-2-1-3-5-13)16-8-6-14-7-9-17-15(18(14)16)10-11-23-17/h1-5,7,9,16,19,21H,6,8,10-12H2. The number of rotatable bonds is 4. The topological polar surface area (TPSA) is 55.8 Å². The molecule has 2 aromatic rings. The lowest BCUT2D eigenvalue weighted by molar-refractivity contribution is -0.156. The molecule has 1 N–H and O–H groups in total. The van der Waals surface area contributed by atoms with Gasteiger partial charge in [0.25, 0.3) is 0 Å². The molecular formula is C20H20O4. The smallest absolute Gasteiger partial charge is 0.335 e. The van der Waals surface area contributed by atoms with Crippen LogP contribution in [-0.4, -0.2) is 23.8 Å². The van der Waals surface area contributed by atoms with Crippen molar-refractivity contribution >= 4 is 5.97 Å². The first-order chi connectivity index (χ1) is 11.7. The van der Waals surface area contributed by atoms with Gasteiger partial charge in [0.15, 0.2) is 6.10 Å². The number of aliphatic hydroxyl groups is 1. The van der Waals surface area contributed by atoms with Gasteiger partial charge in [-0.15, -0.1) is 0 Å². The molecule has 1 aliphatic heterocycles. The van der Waals surface area contributed by atoms with Gasteiger partial charge in [0.2, 0.25) is 0 Å². The van der Waals surface area contributed by atoms with Crippen LogP contribution >= 0.6 is 0 Å². The van der Waals surface area contributed by atoms with E-state index in [1.54, 1.807) is 0 Å². The number of fused-ring (bicyclic) bond motifs is 3. The van der Waals surface area contributed by atoms with Crippen molar-refractivity contribution in [1.29, 1.82) is 0 Å². The van der Waals surface area contributed by atoms with Gasteiger partial charge in [0, 0.05) is 17.9 Å². The number of esters is 1. The summed E-state index contributed by atoms with van der Waals surface area (Å²) in [5, 5.41) is 10.6. The highest BCUT2D eigenvalue weighted by atomic mass is 16.5. The molecule has 0 aromatic heterocycles. The van der Waals surface area contributed by atoms with E-state index in [2.05, 4.69) is 6.07 Å². The summed E-state index contributed by atoms with van der Waals surface area (Å²) in [7, 11) is 0. The number of benzene rings is 2. The van der Waals surface area contributed by atoms with Crippen LogP contribution in [0.2, 0.25) is 0 Å². The molecule has 0 radical (unpaired) electrons. The van der Waals surface area contributed by atoms with Crippen molar-refractivity contribution in [3.05, 3.63) is 64.7 Å². The fraction of sp³-hybridized carbons (Fsp3) is 0.350. The summed E-state index contributed by atoms with van der Waals surface area (Å²) in [5.74, 6) is 0.152. The molecular weight excluding hydrogens is 304 g/mol. The van der Waals surface area contributed by atoms with Gasteiger partial charge in [-0.05, 0) is 35.6 Å². The summed E-state index contributed by atoms with van der Waals surface area (Å²) in [6, 6.07) is 13.6. The number of aliphatic hydroxyl groups excluding tert-OH is 1. The molecule has 0 spiro atoms. The number of carbonyl (C=O) groups is 1. The molecule has 2 aliphatic rings. The maximum absolute atomic E-state index is 12.3. The fourth-order valence-corrected chi connectivity index (χ4v) is 3.78. The zero-order valence-electron chi connectivity index (χ0n) is 13.4. The van der Waals surface area contributed by atoms with Crippen molar-refractivity contribution in [2.75, 3.05) is 6.61 Å². The Labute approximate surface area is 141 Å². The van der Waals surface area contributed by atoms with Crippen LogP contribution in [-0.2, 0) is 29.0 Å². The van der Waals surface area contributed by atoms with E-state index in [1.807, 2.05) is 36.4 Å². The summed E-state index contributed by atoms with van der Waals surface area (Å²) in [6.07, 6.45) is 1.38. The van der Waals surface area contributed by atoms with Crippen LogP contribution in [0.5, 0.6) is 5.75 Å². The molecule has 0 bridgehead atoms. The third-order valence-electron chi connectivity index (χ3n) is 4.96. The molecule has 0 saturated heterocycles. The van der Waals surface area contributed by atoms with E-state index in [1.165, 1.54) is 5.56 Å². The molecule has 4 nitrogen and oxygen atoms in total. The van der Waals surface area contributed by atoms with Gasteiger partial charge in [0.05, 0.1) is 6.61 Å². The Morgan fingerprint density at radius 3 is 2.88 bits per heavy atom. The second-order valence-electron chi connectivity index (χ2n) is 6.40. The Balaban J connectivity index is 1.49. The minimum absolute atomic E-state index is 0.187. The number of hydrogen-bond donors (Lipinski definition) is 1. The second kappa shape index (κ2) is 6.29. The molecule has 0 fully saturated rings. The molecule has 4 rings (SSSR count). The first-order valence-corrected chi connectivity index (χ1v) is 8.40. The van der Waals surface area contributed by atoms with Gasteiger partial charge in [-0.2, -0.15) is 0 Å². The zero-order chi connectivity index (χ0) is 16.5. The van der Waals surface area contributed by atoms with Gasteiger partial charge in [-0.3, -0.25) is 0 Å². The third kappa shape index (κ3) is 2.67. The minimum atomic E-state index is -1.12. The van der Waals surface area contributed by atoms with Crippen molar-refractivity contribution in [1.82, 2.24) is 0 Å². The van der Waals surface area contributed by atoms with E-state index in [0.717, 1.165) is 41.7 Å². The molecule has 2 atom stereocenters. The van der Waals surface area contributed by atoms with Crippen LogP contribution < -0.4 is 4.74 Å².